The topological polar surface area (TPSA) is 46.2 Å². The third-order valence-electron chi connectivity index (χ3n) is 1.82. The molecular weight excluding hydrogens is 150 g/mol. The molecule has 2 heteroatoms. The zero-order chi connectivity index (χ0) is 8.97. The zero-order valence-electron chi connectivity index (χ0n) is 7.27. The minimum atomic E-state index is -0.333. The molecule has 0 fully saturated rings. The Labute approximate surface area is 73.0 Å². The Morgan fingerprint density at radius 2 is 1.92 bits per heavy atom. The van der Waals surface area contributed by atoms with Gasteiger partial charge in [0.05, 0.1) is 6.10 Å². The SMILES string of the molecule is C[C@H](O)C[C@@H](N)c1ccccc1. The standard InChI is InChI=1S/C10H15NO/c1-8(12)7-10(11)9-5-3-2-4-6-9/h2-6,8,10,12H,7,11H2,1H3/t8-,10+/m0/s1. The van der Waals surface area contributed by atoms with Crippen LogP contribution in [0.4, 0.5) is 0 Å². The van der Waals surface area contributed by atoms with Gasteiger partial charge in [-0.25, -0.2) is 0 Å². The van der Waals surface area contributed by atoms with Crippen molar-refractivity contribution in [3.05, 3.63) is 35.9 Å². The van der Waals surface area contributed by atoms with Crippen LogP contribution in [0.15, 0.2) is 30.3 Å². The lowest BCUT2D eigenvalue weighted by atomic mass is 10.0. The number of aliphatic hydroxyl groups is 1. The van der Waals surface area contributed by atoms with Crippen molar-refractivity contribution >= 4 is 0 Å². The molecule has 0 heterocycles. The molecule has 3 N–H and O–H groups in total. The number of benzene rings is 1. The number of hydrogen-bond donors (Lipinski definition) is 2. The Morgan fingerprint density at radius 3 is 2.42 bits per heavy atom. The van der Waals surface area contributed by atoms with Crippen molar-refractivity contribution in [3.8, 4) is 0 Å². The molecule has 12 heavy (non-hydrogen) atoms. The highest BCUT2D eigenvalue weighted by Crippen LogP contribution is 2.14. The highest BCUT2D eigenvalue weighted by Gasteiger charge is 2.07. The molecule has 0 aromatic heterocycles. The predicted octanol–water partition coefficient (Wildman–Crippen LogP) is 1.46. The molecule has 0 saturated heterocycles. The van der Waals surface area contributed by atoms with Crippen LogP contribution >= 0.6 is 0 Å². The molecule has 0 radical (unpaired) electrons. The third-order valence-corrected chi connectivity index (χ3v) is 1.82. The molecule has 0 aliphatic rings. The van der Waals surface area contributed by atoms with Gasteiger partial charge in [-0.1, -0.05) is 30.3 Å². The maximum absolute atomic E-state index is 9.10. The monoisotopic (exact) mass is 165 g/mol. The van der Waals surface area contributed by atoms with Crippen LogP contribution in [0.3, 0.4) is 0 Å². The summed E-state index contributed by atoms with van der Waals surface area (Å²) in [6.07, 6.45) is 0.282. The average molecular weight is 165 g/mol. The third kappa shape index (κ3) is 2.64. The molecule has 0 unspecified atom stereocenters. The normalized spacial score (nSPS) is 15.6. The van der Waals surface area contributed by atoms with Gasteiger partial charge < -0.3 is 10.8 Å². The van der Waals surface area contributed by atoms with E-state index >= 15 is 0 Å². The van der Waals surface area contributed by atoms with Gasteiger partial charge in [-0.3, -0.25) is 0 Å². The summed E-state index contributed by atoms with van der Waals surface area (Å²) in [5, 5.41) is 9.10. The van der Waals surface area contributed by atoms with E-state index in [1.165, 1.54) is 0 Å². The first kappa shape index (κ1) is 9.23. The number of nitrogens with two attached hydrogens (primary N) is 1. The fourth-order valence-corrected chi connectivity index (χ4v) is 1.20. The molecule has 1 rings (SSSR count). The second-order valence-electron chi connectivity index (χ2n) is 3.10. The van der Waals surface area contributed by atoms with Gasteiger partial charge >= 0.3 is 0 Å². The quantitative estimate of drug-likeness (QED) is 0.712. The van der Waals surface area contributed by atoms with E-state index in [-0.39, 0.29) is 12.1 Å². The number of hydrogen-bond acceptors (Lipinski definition) is 2. The minimum absolute atomic E-state index is 0.0498. The number of rotatable bonds is 3. The second kappa shape index (κ2) is 4.24. The van der Waals surface area contributed by atoms with E-state index in [0.717, 1.165) is 5.56 Å². The summed E-state index contributed by atoms with van der Waals surface area (Å²) < 4.78 is 0. The first-order valence-electron chi connectivity index (χ1n) is 4.18. The number of aliphatic hydroxyl groups excluding tert-OH is 1. The summed E-state index contributed by atoms with van der Waals surface area (Å²) in [5.41, 5.74) is 6.92. The molecular formula is C10H15NO. The highest BCUT2D eigenvalue weighted by atomic mass is 16.3. The van der Waals surface area contributed by atoms with E-state index < -0.39 is 0 Å². The lowest BCUT2D eigenvalue weighted by Gasteiger charge is -2.13. The van der Waals surface area contributed by atoms with E-state index in [4.69, 9.17) is 10.8 Å². The van der Waals surface area contributed by atoms with Crippen molar-refractivity contribution in [2.45, 2.75) is 25.5 Å². The maximum Gasteiger partial charge on any atom is 0.0530 e. The summed E-state index contributed by atoms with van der Waals surface area (Å²) >= 11 is 0. The van der Waals surface area contributed by atoms with Crippen LogP contribution in [-0.4, -0.2) is 11.2 Å². The fraction of sp³-hybridized carbons (Fsp3) is 0.400. The summed E-state index contributed by atoms with van der Waals surface area (Å²) in [4.78, 5) is 0. The largest absolute Gasteiger partial charge is 0.393 e. The fourth-order valence-electron chi connectivity index (χ4n) is 1.20. The van der Waals surface area contributed by atoms with Crippen LogP contribution in [0.1, 0.15) is 24.9 Å². The van der Waals surface area contributed by atoms with Crippen molar-refractivity contribution < 1.29 is 5.11 Å². The Kier molecular flexibility index (Phi) is 3.26. The van der Waals surface area contributed by atoms with Crippen molar-refractivity contribution in [3.63, 3.8) is 0 Å². The maximum atomic E-state index is 9.10. The smallest absolute Gasteiger partial charge is 0.0530 e. The summed E-state index contributed by atoms with van der Waals surface area (Å²) in [6, 6.07) is 9.78. The zero-order valence-corrected chi connectivity index (χ0v) is 7.27. The van der Waals surface area contributed by atoms with E-state index in [0.29, 0.717) is 6.42 Å². The second-order valence-corrected chi connectivity index (χ2v) is 3.10. The molecule has 0 spiro atoms. The molecule has 2 atom stereocenters. The average Bonchev–Trinajstić information content (AvgIpc) is 2.05. The van der Waals surface area contributed by atoms with Crippen LogP contribution in [0.5, 0.6) is 0 Å². The first-order chi connectivity index (χ1) is 5.70. The summed E-state index contributed by atoms with van der Waals surface area (Å²) in [7, 11) is 0. The Balaban J connectivity index is 2.59. The van der Waals surface area contributed by atoms with Crippen molar-refractivity contribution in [2.24, 2.45) is 5.73 Å². The molecule has 0 aliphatic heterocycles. The molecule has 1 aromatic carbocycles. The van der Waals surface area contributed by atoms with Crippen LogP contribution < -0.4 is 5.73 Å². The predicted molar refractivity (Wildman–Crippen MR) is 49.7 cm³/mol. The van der Waals surface area contributed by atoms with Crippen molar-refractivity contribution in [1.82, 2.24) is 0 Å². The van der Waals surface area contributed by atoms with Gasteiger partial charge in [0.15, 0.2) is 0 Å². The van der Waals surface area contributed by atoms with Gasteiger partial charge in [0.25, 0.3) is 0 Å². The lowest BCUT2D eigenvalue weighted by molar-refractivity contribution is 0.175. The molecule has 0 aliphatic carbocycles. The first-order valence-corrected chi connectivity index (χ1v) is 4.18. The van der Waals surface area contributed by atoms with Crippen LogP contribution in [0.2, 0.25) is 0 Å². The van der Waals surface area contributed by atoms with Gasteiger partial charge in [0.1, 0.15) is 0 Å². The molecule has 2 nitrogen and oxygen atoms in total. The van der Waals surface area contributed by atoms with E-state index in [9.17, 15) is 0 Å². The Bertz CT molecular complexity index is 221. The summed E-state index contributed by atoms with van der Waals surface area (Å²) in [5.74, 6) is 0. The van der Waals surface area contributed by atoms with Gasteiger partial charge in [0.2, 0.25) is 0 Å². The van der Waals surface area contributed by atoms with Gasteiger partial charge in [0, 0.05) is 6.04 Å². The van der Waals surface area contributed by atoms with Crippen LogP contribution in [-0.2, 0) is 0 Å². The Hall–Kier alpha value is -0.860. The van der Waals surface area contributed by atoms with Crippen molar-refractivity contribution in [1.29, 1.82) is 0 Å². The molecule has 0 bridgehead atoms. The van der Waals surface area contributed by atoms with Crippen molar-refractivity contribution in [2.75, 3.05) is 0 Å². The minimum Gasteiger partial charge on any atom is -0.393 e. The van der Waals surface area contributed by atoms with Crippen LogP contribution in [0, 0.1) is 0 Å². The Morgan fingerprint density at radius 1 is 1.33 bits per heavy atom. The van der Waals surface area contributed by atoms with Gasteiger partial charge in [-0.2, -0.15) is 0 Å². The molecule has 0 saturated carbocycles. The van der Waals surface area contributed by atoms with E-state index in [1.54, 1.807) is 6.92 Å². The van der Waals surface area contributed by atoms with E-state index in [1.807, 2.05) is 30.3 Å². The van der Waals surface area contributed by atoms with Crippen LogP contribution in [0.25, 0.3) is 0 Å². The summed E-state index contributed by atoms with van der Waals surface area (Å²) in [6.45, 7) is 1.75. The molecule has 66 valence electrons. The highest BCUT2D eigenvalue weighted by molar-refractivity contribution is 5.18. The van der Waals surface area contributed by atoms with Gasteiger partial charge in [-0.15, -0.1) is 0 Å². The van der Waals surface area contributed by atoms with Gasteiger partial charge in [-0.05, 0) is 18.9 Å². The van der Waals surface area contributed by atoms with E-state index in [2.05, 4.69) is 0 Å². The lowest BCUT2D eigenvalue weighted by Crippen LogP contribution is -2.16. The molecule has 0 amide bonds. The molecule has 1 aromatic rings.